The summed E-state index contributed by atoms with van der Waals surface area (Å²) in [6.45, 7) is 0. The standard InChI is InChI=1S/C22H14F2N4O2S/c23-15-9-5-13(6-10-15)19(29)26-21(27-20(30)14-7-11-16(24)12-8-14)28-22-25-17-3-1-2-4-18(17)31-22/h1-12H,(H2,25,26,27,28,29,30). The molecule has 2 N–H and O–H groups in total. The Morgan fingerprint density at radius 1 is 0.774 bits per heavy atom. The van der Waals surface area contributed by atoms with E-state index >= 15 is 0 Å². The van der Waals surface area contributed by atoms with Gasteiger partial charge in [-0.05, 0) is 60.7 Å². The van der Waals surface area contributed by atoms with Crippen LogP contribution in [-0.2, 0) is 0 Å². The van der Waals surface area contributed by atoms with E-state index in [0.29, 0.717) is 5.13 Å². The molecule has 9 heteroatoms. The first-order valence-corrected chi connectivity index (χ1v) is 9.88. The largest absolute Gasteiger partial charge is 0.292 e. The lowest BCUT2D eigenvalue weighted by Gasteiger charge is -2.10. The van der Waals surface area contributed by atoms with Crippen molar-refractivity contribution in [2.24, 2.45) is 4.99 Å². The Hall–Kier alpha value is -3.98. The fourth-order valence-corrected chi connectivity index (χ4v) is 3.50. The van der Waals surface area contributed by atoms with Crippen molar-refractivity contribution in [1.29, 1.82) is 0 Å². The van der Waals surface area contributed by atoms with Gasteiger partial charge in [0.2, 0.25) is 11.1 Å². The van der Waals surface area contributed by atoms with Crippen molar-refractivity contribution in [2.75, 3.05) is 0 Å². The number of nitrogens with zero attached hydrogens (tertiary/aromatic N) is 2. The molecule has 0 unspecified atom stereocenters. The lowest BCUT2D eigenvalue weighted by molar-refractivity contribution is 0.0966. The Balaban J connectivity index is 1.63. The number of para-hydroxylation sites is 1. The molecule has 2 amide bonds. The third-order valence-corrected chi connectivity index (χ3v) is 5.10. The summed E-state index contributed by atoms with van der Waals surface area (Å²) in [5, 5.41) is 5.33. The quantitative estimate of drug-likeness (QED) is 0.368. The van der Waals surface area contributed by atoms with E-state index in [4.69, 9.17) is 0 Å². The Kier molecular flexibility index (Phi) is 5.76. The maximum atomic E-state index is 13.1. The van der Waals surface area contributed by atoms with Gasteiger partial charge >= 0.3 is 0 Å². The molecule has 0 saturated carbocycles. The van der Waals surface area contributed by atoms with E-state index in [1.807, 2.05) is 24.3 Å². The number of amides is 2. The van der Waals surface area contributed by atoms with Crippen LogP contribution in [0, 0.1) is 11.6 Å². The first-order valence-electron chi connectivity index (χ1n) is 9.06. The minimum atomic E-state index is -0.598. The van der Waals surface area contributed by atoms with Crippen LogP contribution >= 0.6 is 11.3 Å². The van der Waals surface area contributed by atoms with Crippen LogP contribution in [0.3, 0.4) is 0 Å². The highest BCUT2D eigenvalue weighted by Gasteiger charge is 2.15. The van der Waals surface area contributed by atoms with Gasteiger partial charge in [-0.3, -0.25) is 20.2 Å². The molecule has 31 heavy (non-hydrogen) atoms. The second kappa shape index (κ2) is 8.80. The highest BCUT2D eigenvalue weighted by molar-refractivity contribution is 7.22. The van der Waals surface area contributed by atoms with Crippen molar-refractivity contribution in [3.63, 3.8) is 0 Å². The SMILES string of the molecule is O=C(NC(=Nc1nc2ccccc2s1)NC(=O)c1ccc(F)cc1)c1ccc(F)cc1. The van der Waals surface area contributed by atoms with E-state index in [-0.39, 0.29) is 17.1 Å². The molecule has 1 heterocycles. The Labute approximate surface area is 179 Å². The van der Waals surface area contributed by atoms with Gasteiger partial charge in [-0.25, -0.2) is 13.8 Å². The number of aromatic nitrogens is 1. The average Bonchev–Trinajstić information content (AvgIpc) is 3.16. The van der Waals surface area contributed by atoms with Crippen molar-refractivity contribution >= 4 is 44.5 Å². The molecule has 154 valence electrons. The summed E-state index contributed by atoms with van der Waals surface area (Å²) in [5.41, 5.74) is 1.07. The molecular formula is C22H14F2N4O2S. The van der Waals surface area contributed by atoms with Gasteiger partial charge in [0.05, 0.1) is 10.2 Å². The summed E-state index contributed by atoms with van der Waals surface area (Å²) in [6, 6.07) is 17.2. The van der Waals surface area contributed by atoms with Gasteiger partial charge in [0.25, 0.3) is 11.8 Å². The maximum Gasteiger partial charge on any atom is 0.257 e. The average molecular weight is 436 g/mol. The Morgan fingerprint density at radius 2 is 1.29 bits per heavy atom. The number of aliphatic imine (C=N–C) groups is 1. The zero-order valence-electron chi connectivity index (χ0n) is 15.8. The predicted octanol–water partition coefficient (Wildman–Crippen LogP) is 4.42. The van der Waals surface area contributed by atoms with Crippen molar-refractivity contribution in [3.8, 4) is 0 Å². The van der Waals surface area contributed by atoms with E-state index < -0.39 is 23.4 Å². The second-order valence-electron chi connectivity index (χ2n) is 6.35. The normalized spacial score (nSPS) is 10.5. The van der Waals surface area contributed by atoms with Crippen LogP contribution in [-0.4, -0.2) is 22.8 Å². The molecule has 0 fully saturated rings. The number of thiazole rings is 1. The van der Waals surface area contributed by atoms with E-state index in [1.165, 1.54) is 35.6 Å². The first kappa shape index (κ1) is 20.3. The number of halogens is 2. The van der Waals surface area contributed by atoms with Gasteiger partial charge < -0.3 is 0 Å². The molecule has 0 bridgehead atoms. The van der Waals surface area contributed by atoms with Crippen LogP contribution in [0.1, 0.15) is 20.7 Å². The molecule has 0 aliphatic heterocycles. The zero-order valence-corrected chi connectivity index (χ0v) is 16.6. The van der Waals surface area contributed by atoms with Gasteiger partial charge in [-0.2, -0.15) is 4.99 Å². The van der Waals surface area contributed by atoms with Gasteiger partial charge in [0.1, 0.15) is 11.6 Å². The van der Waals surface area contributed by atoms with E-state index in [1.54, 1.807) is 0 Å². The van der Waals surface area contributed by atoms with Gasteiger partial charge in [0, 0.05) is 11.1 Å². The molecule has 0 aliphatic carbocycles. The van der Waals surface area contributed by atoms with Crippen molar-refractivity contribution in [1.82, 2.24) is 15.6 Å². The van der Waals surface area contributed by atoms with Crippen LogP contribution in [0.25, 0.3) is 10.2 Å². The number of fused-ring (bicyclic) bond motifs is 1. The fourth-order valence-electron chi connectivity index (χ4n) is 2.65. The number of hydrogen-bond acceptors (Lipinski definition) is 5. The van der Waals surface area contributed by atoms with Crippen molar-refractivity contribution in [2.45, 2.75) is 0 Å². The Morgan fingerprint density at radius 3 is 1.81 bits per heavy atom. The number of guanidine groups is 1. The summed E-state index contributed by atoms with van der Waals surface area (Å²) < 4.78 is 27.2. The minimum Gasteiger partial charge on any atom is -0.292 e. The lowest BCUT2D eigenvalue weighted by atomic mass is 10.2. The van der Waals surface area contributed by atoms with E-state index in [2.05, 4.69) is 20.6 Å². The molecule has 0 spiro atoms. The summed E-state index contributed by atoms with van der Waals surface area (Å²) in [5.74, 6) is -2.32. The van der Waals surface area contributed by atoms with Gasteiger partial charge in [-0.1, -0.05) is 23.5 Å². The fraction of sp³-hybridized carbons (Fsp3) is 0. The third-order valence-electron chi connectivity index (χ3n) is 4.17. The van der Waals surface area contributed by atoms with Crippen LogP contribution in [0.15, 0.2) is 77.8 Å². The number of carbonyl (C=O) groups is 2. The topological polar surface area (TPSA) is 83.4 Å². The van der Waals surface area contributed by atoms with Crippen LogP contribution in [0.2, 0.25) is 0 Å². The number of rotatable bonds is 3. The van der Waals surface area contributed by atoms with Gasteiger partial charge in [0.15, 0.2) is 0 Å². The zero-order chi connectivity index (χ0) is 21.8. The highest BCUT2D eigenvalue weighted by Crippen LogP contribution is 2.27. The summed E-state index contributed by atoms with van der Waals surface area (Å²) in [4.78, 5) is 33.8. The Bertz CT molecular complexity index is 1190. The first-order chi connectivity index (χ1) is 15.0. The predicted molar refractivity (Wildman–Crippen MR) is 114 cm³/mol. The number of hydrogen-bond donors (Lipinski definition) is 2. The molecule has 4 rings (SSSR count). The summed E-state index contributed by atoms with van der Waals surface area (Å²) in [7, 11) is 0. The molecule has 1 aromatic heterocycles. The number of carbonyl (C=O) groups excluding carboxylic acids is 2. The molecule has 0 radical (unpaired) electrons. The lowest BCUT2D eigenvalue weighted by Crippen LogP contribution is -2.43. The number of nitrogens with one attached hydrogen (secondary N) is 2. The highest BCUT2D eigenvalue weighted by atomic mass is 32.1. The summed E-state index contributed by atoms with van der Waals surface area (Å²) >= 11 is 1.27. The molecular weight excluding hydrogens is 422 g/mol. The van der Waals surface area contributed by atoms with E-state index in [9.17, 15) is 18.4 Å². The monoisotopic (exact) mass is 436 g/mol. The third kappa shape index (κ3) is 4.96. The van der Waals surface area contributed by atoms with Crippen molar-refractivity contribution < 1.29 is 18.4 Å². The minimum absolute atomic E-state index is 0.164. The van der Waals surface area contributed by atoms with Crippen LogP contribution in [0.5, 0.6) is 0 Å². The summed E-state index contributed by atoms with van der Waals surface area (Å²) in [6.07, 6.45) is 0. The van der Waals surface area contributed by atoms with Gasteiger partial charge in [-0.15, -0.1) is 0 Å². The molecule has 0 saturated heterocycles. The van der Waals surface area contributed by atoms with Crippen LogP contribution in [0.4, 0.5) is 13.9 Å². The molecule has 3 aromatic carbocycles. The maximum absolute atomic E-state index is 13.1. The molecule has 0 atom stereocenters. The number of benzene rings is 3. The molecule has 4 aromatic rings. The molecule has 0 aliphatic rings. The smallest absolute Gasteiger partial charge is 0.257 e. The second-order valence-corrected chi connectivity index (χ2v) is 7.36. The van der Waals surface area contributed by atoms with Crippen LogP contribution < -0.4 is 10.6 Å². The van der Waals surface area contributed by atoms with E-state index in [0.717, 1.165) is 34.5 Å². The van der Waals surface area contributed by atoms with Crippen molar-refractivity contribution in [3.05, 3.63) is 95.6 Å². The molecule has 6 nitrogen and oxygen atoms in total.